The predicted molar refractivity (Wildman–Crippen MR) is 110 cm³/mol. The van der Waals surface area contributed by atoms with Crippen LogP contribution in [0.5, 0.6) is 11.5 Å². The maximum atomic E-state index is 13.1. The van der Waals surface area contributed by atoms with E-state index >= 15 is 0 Å². The highest BCUT2D eigenvalue weighted by atomic mass is 19.1. The highest BCUT2D eigenvalue weighted by Gasteiger charge is 2.19. The topological polar surface area (TPSA) is 54.4 Å². The van der Waals surface area contributed by atoms with Crippen LogP contribution in [0.4, 0.5) is 10.1 Å². The average molecular weight is 404 g/mol. The number of piperazine rings is 1. The molecule has 0 aliphatic carbocycles. The molecule has 1 aliphatic heterocycles. The Balaban J connectivity index is 1.40. The Labute approximate surface area is 171 Å². The van der Waals surface area contributed by atoms with E-state index in [2.05, 4.69) is 9.80 Å². The van der Waals surface area contributed by atoms with E-state index in [4.69, 9.17) is 14.2 Å². The summed E-state index contributed by atoms with van der Waals surface area (Å²) >= 11 is 0. The van der Waals surface area contributed by atoms with Crippen molar-refractivity contribution >= 4 is 5.69 Å². The predicted octanol–water partition coefficient (Wildman–Crippen LogP) is 2.54. The molecule has 1 unspecified atom stereocenters. The summed E-state index contributed by atoms with van der Waals surface area (Å²) in [5.74, 6) is 1.25. The quantitative estimate of drug-likeness (QED) is 0.693. The van der Waals surface area contributed by atoms with Gasteiger partial charge in [0, 0.05) is 44.0 Å². The molecule has 1 saturated heterocycles. The molecule has 0 aromatic heterocycles. The molecule has 2 aromatic rings. The minimum atomic E-state index is -0.566. The molecule has 1 fully saturated rings. The first-order valence-corrected chi connectivity index (χ1v) is 9.78. The normalized spacial score (nSPS) is 15.9. The number of ether oxygens (including phenoxy) is 3. The molecule has 7 heteroatoms. The second kappa shape index (κ2) is 10.4. The van der Waals surface area contributed by atoms with Crippen LogP contribution in [0.1, 0.15) is 5.56 Å². The van der Waals surface area contributed by atoms with Gasteiger partial charge in [0.15, 0.2) is 0 Å². The number of rotatable bonds is 9. The van der Waals surface area contributed by atoms with Crippen molar-refractivity contribution in [2.24, 2.45) is 0 Å². The Morgan fingerprint density at radius 1 is 1.00 bits per heavy atom. The van der Waals surface area contributed by atoms with E-state index in [-0.39, 0.29) is 12.4 Å². The molecule has 158 valence electrons. The summed E-state index contributed by atoms with van der Waals surface area (Å²) in [4.78, 5) is 4.45. The van der Waals surface area contributed by atoms with Gasteiger partial charge >= 0.3 is 0 Å². The first kappa shape index (κ1) is 21.4. The highest BCUT2D eigenvalue weighted by Crippen LogP contribution is 2.24. The maximum absolute atomic E-state index is 13.1. The fraction of sp³-hybridized carbons (Fsp3) is 0.455. The lowest BCUT2D eigenvalue weighted by Crippen LogP contribution is -2.49. The molecule has 0 radical (unpaired) electrons. The van der Waals surface area contributed by atoms with Gasteiger partial charge in [0.05, 0.1) is 33.5 Å². The monoisotopic (exact) mass is 404 g/mol. The van der Waals surface area contributed by atoms with Crippen molar-refractivity contribution in [2.75, 3.05) is 58.5 Å². The number of benzene rings is 2. The number of hydrogen-bond acceptors (Lipinski definition) is 6. The van der Waals surface area contributed by atoms with Gasteiger partial charge in [0.2, 0.25) is 0 Å². The summed E-state index contributed by atoms with van der Waals surface area (Å²) < 4.78 is 29.4. The third-order valence-corrected chi connectivity index (χ3v) is 5.09. The Bertz CT molecular complexity index is 764. The molecule has 2 aromatic carbocycles. The SMILES string of the molecule is COc1ccc(OC)c(COCC(O)CN2CCN(c3ccc(F)cc3)CC2)c1. The van der Waals surface area contributed by atoms with E-state index in [9.17, 15) is 9.50 Å². The Kier molecular flexibility index (Phi) is 7.69. The average Bonchev–Trinajstić information content (AvgIpc) is 2.75. The van der Waals surface area contributed by atoms with Crippen molar-refractivity contribution in [1.29, 1.82) is 0 Å². The zero-order chi connectivity index (χ0) is 20.6. The van der Waals surface area contributed by atoms with Gasteiger partial charge in [-0.15, -0.1) is 0 Å². The zero-order valence-corrected chi connectivity index (χ0v) is 17.0. The van der Waals surface area contributed by atoms with Crippen molar-refractivity contribution in [2.45, 2.75) is 12.7 Å². The summed E-state index contributed by atoms with van der Waals surface area (Å²) in [7, 11) is 3.23. The molecule has 0 spiro atoms. The number of aliphatic hydroxyl groups is 1. The lowest BCUT2D eigenvalue weighted by Gasteiger charge is -2.36. The van der Waals surface area contributed by atoms with Crippen LogP contribution < -0.4 is 14.4 Å². The van der Waals surface area contributed by atoms with E-state index in [0.29, 0.717) is 13.2 Å². The Morgan fingerprint density at radius 3 is 2.38 bits per heavy atom. The third-order valence-electron chi connectivity index (χ3n) is 5.09. The zero-order valence-electron chi connectivity index (χ0n) is 17.0. The van der Waals surface area contributed by atoms with Gasteiger partial charge in [-0.1, -0.05) is 0 Å². The van der Waals surface area contributed by atoms with Crippen LogP contribution in [0.25, 0.3) is 0 Å². The van der Waals surface area contributed by atoms with Crippen molar-refractivity contribution in [3.63, 3.8) is 0 Å². The van der Waals surface area contributed by atoms with E-state index in [1.807, 2.05) is 18.2 Å². The van der Waals surface area contributed by atoms with E-state index < -0.39 is 6.10 Å². The molecule has 6 nitrogen and oxygen atoms in total. The third kappa shape index (κ3) is 6.06. The van der Waals surface area contributed by atoms with Crippen molar-refractivity contribution in [3.8, 4) is 11.5 Å². The van der Waals surface area contributed by atoms with Crippen LogP contribution in [-0.4, -0.2) is 69.7 Å². The standard InChI is InChI=1S/C22H29FN2O4/c1-27-21-7-8-22(28-2)17(13-21)15-29-16-20(26)14-24-9-11-25(12-10-24)19-5-3-18(23)4-6-19/h3-8,13,20,26H,9-12,14-16H2,1-2H3. The minimum absolute atomic E-state index is 0.220. The molecule has 3 rings (SSSR count). The second-order valence-corrected chi connectivity index (χ2v) is 7.11. The van der Waals surface area contributed by atoms with E-state index in [0.717, 1.165) is 48.9 Å². The second-order valence-electron chi connectivity index (χ2n) is 7.11. The fourth-order valence-corrected chi connectivity index (χ4v) is 3.49. The number of hydrogen-bond donors (Lipinski definition) is 1. The Morgan fingerprint density at radius 2 is 1.72 bits per heavy atom. The number of nitrogens with zero attached hydrogens (tertiary/aromatic N) is 2. The first-order chi connectivity index (χ1) is 14.1. The molecule has 1 aliphatic rings. The van der Waals surface area contributed by atoms with Crippen LogP contribution in [0.3, 0.4) is 0 Å². The first-order valence-electron chi connectivity index (χ1n) is 9.78. The Hall–Kier alpha value is -2.35. The lowest BCUT2D eigenvalue weighted by atomic mass is 10.2. The fourth-order valence-electron chi connectivity index (χ4n) is 3.49. The maximum Gasteiger partial charge on any atom is 0.124 e. The summed E-state index contributed by atoms with van der Waals surface area (Å²) in [6, 6.07) is 12.1. The summed E-state index contributed by atoms with van der Waals surface area (Å²) in [5.41, 5.74) is 1.91. The van der Waals surface area contributed by atoms with Gasteiger partial charge in [-0.25, -0.2) is 4.39 Å². The molecule has 0 amide bonds. The minimum Gasteiger partial charge on any atom is -0.497 e. The van der Waals surface area contributed by atoms with Crippen molar-refractivity contribution in [3.05, 3.63) is 53.8 Å². The van der Waals surface area contributed by atoms with Crippen LogP contribution >= 0.6 is 0 Å². The van der Waals surface area contributed by atoms with Crippen molar-refractivity contribution < 1.29 is 23.7 Å². The van der Waals surface area contributed by atoms with Gasteiger partial charge in [-0.2, -0.15) is 0 Å². The smallest absolute Gasteiger partial charge is 0.124 e. The van der Waals surface area contributed by atoms with Crippen LogP contribution in [0.15, 0.2) is 42.5 Å². The molecular formula is C22H29FN2O4. The van der Waals surface area contributed by atoms with Gasteiger partial charge in [-0.3, -0.25) is 4.90 Å². The number of aliphatic hydroxyl groups excluding tert-OH is 1. The molecule has 0 bridgehead atoms. The molecule has 1 heterocycles. The molecular weight excluding hydrogens is 375 g/mol. The van der Waals surface area contributed by atoms with Crippen LogP contribution in [0, 0.1) is 5.82 Å². The van der Waals surface area contributed by atoms with Crippen LogP contribution in [0.2, 0.25) is 0 Å². The summed E-state index contributed by atoms with van der Waals surface area (Å²) in [5, 5.41) is 10.3. The summed E-state index contributed by atoms with van der Waals surface area (Å²) in [6.45, 7) is 4.54. The molecule has 1 atom stereocenters. The van der Waals surface area contributed by atoms with E-state index in [1.165, 1.54) is 12.1 Å². The largest absolute Gasteiger partial charge is 0.497 e. The number of methoxy groups -OCH3 is 2. The number of halogens is 1. The lowest BCUT2D eigenvalue weighted by molar-refractivity contribution is 0.00862. The highest BCUT2D eigenvalue weighted by molar-refractivity contribution is 5.46. The van der Waals surface area contributed by atoms with Gasteiger partial charge in [0.1, 0.15) is 17.3 Å². The van der Waals surface area contributed by atoms with Gasteiger partial charge in [-0.05, 0) is 42.5 Å². The van der Waals surface area contributed by atoms with Gasteiger partial charge < -0.3 is 24.2 Å². The summed E-state index contributed by atoms with van der Waals surface area (Å²) in [6.07, 6.45) is -0.566. The van der Waals surface area contributed by atoms with E-state index in [1.54, 1.807) is 26.4 Å². The van der Waals surface area contributed by atoms with Gasteiger partial charge in [0.25, 0.3) is 0 Å². The van der Waals surface area contributed by atoms with Crippen LogP contribution in [-0.2, 0) is 11.3 Å². The molecule has 1 N–H and O–H groups in total. The number of β-amino-alcohol motifs (C(OH)–C–C–N with tert-alkyl or cyclic N) is 1. The molecule has 0 saturated carbocycles. The van der Waals surface area contributed by atoms with Crippen molar-refractivity contribution in [1.82, 2.24) is 4.90 Å². The molecule has 29 heavy (non-hydrogen) atoms. The number of anilines is 1.